The van der Waals surface area contributed by atoms with E-state index in [1.807, 2.05) is 19.1 Å². The molecule has 0 saturated carbocycles. The van der Waals surface area contributed by atoms with E-state index in [0.717, 1.165) is 10.2 Å². The highest BCUT2D eigenvalue weighted by atomic mass is 79.9. The second-order valence-electron chi connectivity index (χ2n) is 4.22. The van der Waals surface area contributed by atoms with Gasteiger partial charge in [0.15, 0.2) is 0 Å². The first-order valence-electron chi connectivity index (χ1n) is 6.01. The first-order chi connectivity index (χ1) is 11.1. The molecule has 0 aliphatic rings. The number of hydrogen-bond donors (Lipinski definition) is 1. The van der Waals surface area contributed by atoms with E-state index >= 15 is 0 Å². The Labute approximate surface area is 142 Å². The summed E-state index contributed by atoms with van der Waals surface area (Å²) in [5, 5.41) is 40.2. The summed E-state index contributed by atoms with van der Waals surface area (Å²) in [6.45, 7) is 1.96. The summed E-state index contributed by atoms with van der Waals surface area (Å²) in [7, 11) is 0. The van der Waals surface area contributed by atoms with Gasteiger partial charge < -0.3 is 5.11 Å². The van der Waals surface area contributed by atoms with E-state index in [2.05, 4.69) is 20.9 Å². The van der Waals surface area contributed by atoms with Gasteiger partial charge in [-0.25, -0.2) is 0 Å². The fourth-order valence-corrected chi connectivity index (χ4v) is 1.66. The Morgan fingerprint density at radius 2 is 1.50 bits per heavy atom. The lowest BCUT2D eigenvalue weighted by Crippen LogP contribution is -1.97. The number of nitro groups is 3. The number of benzene rings is 1. The third kappa shape index (κ3) is 4.95. The molecule has 12 heteroatoms. The van der Waals surface area contributed by atoms with Crippen LogP contribution >= 0.6 is 15.9 Å². The van der Waals surface area contributed by atoms with Crippen molar-refractivity contribution in [2.24, 2.45) is 0 Å². The lowest BCUT2D eigenvalue weighted by Gasteiger charge is -1.97. The minimum Gasteiger partial charge on any atom is -0.497 e. The monoisotopic (exact) mass is 400 g/mol. The standard InChI is InChI=1S/C6H6BrN.C6H3N3O7/c1-5-2-3-6(7)4-8-5;10-6-4(8(13)14)1-3(7(11)12)2-5(6)9(15)16/h2-4H,1H3;1-2,10H. The number of non-ortho nitro benzene ring substituents is 1. The molecular formula is C12H9BrN4O7. The van der Waals surface area contributed by atoms with Gasteiger partial charge in [-0.15, -0.1) is 0 Å². The third-order valence-corrected chi connectivity index (χ3v) is 3.00. The van der Waals surface area contributed by atoms with E-state index in [1.165, 1.54) is 0 Å². The topological polar surface area (TPSA) is 163 Å². The number of halogens is 1. The molecular weight excluding hydrogens is 392 g/mol. The Kier molecular flexibility index (Phi) is 6.23. The highest BCUT2D eigenvalue weighted by molar-refractivity contribution is 9.10. The van der Waals surface area contributed by atoms with Crippen molar-refractivity contribution >= 4 is 33.0 Å². The zero-order chi connectivity index (χ0) is 18.4. The maximum atomic E-state index is 10.4. The maximum Gasteiger partial charge on any atom is 0.324 e. The van der Waals surface area contributed by atoms with Gasteiger partial charge in [0.25, 0.3) is 11.4 Å². The Hall–Kier alpha value is -3.15. The van der Waals surface area contributed by atoms with Gasteiger partial charge in [0.1, 0.15) is 0 Å². The normalized spacial score (nSPS) is 9.58. The molecule has 0 atom stereocenters. The van der Waals surface area contributed by atoms with Crippen LogP contribution in [0.3, 0.4) is 0 Å². The molecule has 0 aliphatic carbocycles. The van der Waals surface area contributed by atoms with Crippen molar-refractivity contribution in [1.29, 1.82) is 0 Å². The fourth-order valence-electron chi connectivity index (χ4n) is 1.42. The summed E-state index contributed by atoms with van der Waals surface area (Å²) < 4.78 is 1.03. The molecule has 0 unspecified atom stereocenters. The van der Waals surface area contributed by atoms with Crippen LogP contribution in [0.1, 0.15) is 5.69 Å². The van der Waals surface area contributed by atoms with Gasteiger partial charge in [-0.1, -0.05) is 0 Å². The Balaban J connectivity index is 0.000000300. The van der Waals surface area contributed by atoms with Crippen LogP contribution in [-0.4, -0.2) is 24.9 Å². The van der Waals surface area contributed by atoms with Crippen molar-refractivity contribution in [3.8, 4) is 5.75 Å². The van der Waals surface area contributed by atoms with Crippen molar-refractivity contribution in [2.75, 3.05) is 0 Å². The highest BCUT2D eigenvalue weighted by Crippen LogP contribution is 2.38. The number of aromatic hydroxyl groups is 1. The zero-order valence-corrected chi connectivity index (χ0v) is 13.5. The van der Waals surface area contributed by atoms with Crippen LogP contribution < -0.4 is 0 Å². The number of nitrogens with zero attached hydrogens (tertiary/aromatic N) is 4. The molecule has 0 saturated heterocycles. The predicted octanol–water partition coefficient (Wildman–Crippen LogP) is 3.27. The number of aryl methyl sites for hydroxylation is 1. The van der Waals surface area contributed by atoms with E-state index in [9.17, 15) is 30.3 Å². The van der Waals surface area contributed by atoms with Crippen LogP contribution in [0.4, 0.5) is 17.1 Å². The van der Waals surface area contributed by atoms with Crippen LogP contribution in [0.15, 0.2) is 34.9 Å². The molecule has 0 amide bonds. The molecule has 2 aromatic rings. The number of pyridine rings is 1. The molecule has 126 valence electrons. The minimum absolute atomic E-state index is 0.447. The van der Waals surface area contributed by atoms with Crippen LogP contribution in [-0.2, 0) is 0 Å². The zero-order valence-electron chi connectivity index (χ0n) is 12.0. The maximum absolute atomic E-state index is 10.4. The molecule has 1 aromatic heterocycles. The molecule has 0 fully saturated rings. The SMILES string of the molecule is Cc1ccc(Br)cn1.O=[N+]([O-])c1cc([N+](=O)[O-])c(O)c([N+](=O)[O-])c1. The number of hydrogen-bond acceptors (Lipinski definition) is 8. The Morgan fingerprint density at radius 1 is 1.00 bits per heavy atom. The van der Waals surface area contributed by atoms with Crippen molar-refractivity contribution in [2.45, 2.75) is 6.92 Å². The second kappa shape index (κ2) is 7.92. The molecule has 24 heavy (non-hydrogen) atoms. The Morgan fingerprint density at radius 3 is 1.79 bits per heavy atom. The molecule has 0 radical (unpaired) electrons. The lowest BCUT2D eigenvalue weighted by molar-refractivity contribution is -0.404. The smallest absolute Gasteiger partial charge is 0.324 e. The van der Waals surface area contributed by atoms with Crippen LogP contribution in [0, 0.1) is 37.3 Å². The molecule has 1 heterocycles. The first-order valence-corrected chi connectivity index (χ1v) is 6.81. The first kappa shape index (κ1) is 18.9. The minimum atomic E-state index is -1.21. The second-order valence-corrected chi connectivity index (χ2v) is 5.14. The average Bonchev–Trinajstić information content (AvgIpc) is 2.50. The molecule has 1 N–H and O–H groups in total. The summed E-state index contributed by atoms with van der Waals surface area (Å²) in [4.78, 5) is 31.8. The molecule has 0 bridgehead atoms. The fraction of sp³-hybridized carbons (Fsp3) is 0.0833. The van der Waals surface area contributed by atoms with Gasteiger partial charge in [0, 0.05) is 16.4 Å². The Bertz CT molecular complexity index is 738. The van der Waals surface area contributed by atoms with Crippen molar-refractivity contribution in [3.63, 3.8) is 0 Å². The van der Waals surface area contributed by atoms with E-state index in [4.69, 9.17) is 5.11 Å². The van der Waals surface area contributed by atoms with Crippen LogP contribution in [0.25, 0.3) is 0 Å². The summed E-state index contributed by atoms with van der Waals surface area (Å²) >= 11 is 3.28. The summed E-state index contributed by atoms with van der Waals surface area (Å²) in [5.41, 5.74) is -1.95. The van der Waals surface area contributed by atoms with Gasteiger partial charge in [0.05, 0.1) is 26.9 Å². The van der Waals surface area contributed by atoms with Crippen LogP contribution in [0.5, 0.6) is 5.75 Å². The van der Waals surface area contributed by atoms with E-state index in [1.54, 1.807) is 6.20 Å². The predicted molar refractivity (Wildman–Crippen MR) is 84.7 cm³/mol. The van der Waals surface area contributed by atoms with E-state index in [0.29, 0.717) is 12.1 Å². The molecule has 2 rings (SSSR count). The van der Waals surface area contributed by atoms with E-state index in [-0.39, 0.29) is 0 Å². The summed E-state index contributed by atoms with van der Waals surface area (Å²) in [6, 6.07) is 4.83. The highest BCUT2D eigenvalue weighted by Gasteiger charge is 2.30. The molecule has 1 aromatic carbocycles. The largest absolute Gasteiger partial charge is 0.497 e. The quantitative estimate of drug-likeness (QED) is 0.605. The number of phenolic OH excluding ortho intramolecular Hbond substituents is 1. The van der Waals surface area contributed by atoms with Gasteiger partial charge in [-0.3, -0.25) is 35.3 Å². The number of nitro benzene ring substituents is 3. The third-order valence-electron chi connectivity index (χ3n) is 2.53. The van der Waals surface area contributed by atoms with Crippen molar-refractivity contribution < 1.29 is 19.9 Å². The lowest BCUT2D eigenvalue weighted by atomic mass is 10.2. The molecule has 11 nitrogen and oxygen atoms in total. The van der Waals surface area contributed by atoms with Crippen molar-refractivity contribution in [3.05, 3.63) is 71.0 Å². The van der Waals surface area contributed by atoms with Gasteiger partial charge in [-0.05, 0) is 35.0 Å². The van der Waals surface area contributed by atoms with Crippen LogP contribution in [0.2, 0.25) is 0 Å². The van der Waals surface area contributed by atoms with Gasteiger partial charge >= 0.3 is 11.4 Å². The number of phenols is 1. The van der Waals surface area contributed by atoms with Gasteiger partial charge in [0.2, 0.25) is 0 Å². The summed E-state index contributed by atoms with van der Waals surface area (Å²) in [6.07, 6.45) is 1.79. The summed E-state index contributed by atoms with van der Waals surface area (Å²) in [5.74, 6) is -1.21. The van der Waals surface area contributed by atoms with E-state index < -0.39 is 37.6 Å². The van der Waals surface area contributed by atoms with Gasteiger partial charge in [-0.2, -0.15) is 0 Å². The number of aromatic nitrogens is 1. The molecule has 0 aliphatic heterocycles. The molecule has 0 spiro atoms. The number of rotatable bonds is 3. The average molecular weight is 401 g/mol. The van der Waals surface area contributed by atoms with Crippen molar-refractivity contribution in [1.82, 2.24) is 4.98 Å².